The normalized spacial score (nSPS) is 24.1. The second-order valence-corrected chi connectivity index (χ2v) is 25.0. The predicted octanol–water partition coefficient (Wildman–Crippen LogP) is 8.03. The molecule has 2 saturated carbocycles. The van der Waals surface area contributed by atoms with Crippen molar-refractivity contribution in [1.82, 2.24) is 39.9 Å². The fourth-order valence-electron chi connectivity index (χ4n) is 13.2. The lowest BCUT2D eigenvalue weighted by Gasteiger charge is -2.42. The molecule has 74 heavy (non-hydrogen) atoms. The Balaban J connectivity index is 0.705. The molecule has 3 aromatic carbocycles. The number of aliphatic hydroxyl groups is 1. The van der Waals surface area contributed by atoms with Crippen molar-refractivity contribution in [3.05, 3.63) is 109 Å². The van der Waals surface area contributed by atoms with Gasteiger partial charge in [-0.3, -0.25) is 28.6 Å². The van der Waals surface area contributed by atoms with E-state index in [2.05, 4.69) is 94.4 Å². The Bertz CT molecular complexity index is 2960. The third-order valence-corrected chi connectivity index (χ3v) is 19.0. The quantitative estimate of drug-likeness (QED) is 0.112. The van der Waals surface area contributed by atoms with Crippen molar-refractivity contribution in [2.24, 2.45) is 17.3 Å². The third-order valence-electron chi connectivity index (χ3n) is 17.4. The van der Waals surface area contributed by atoms with E-state index < -0.39 is 23.6 Å². The van der Waals surface area contributed by atoms with E-state index in [0.717, 1.165) is 127 Å². The summed E-state index contributed by atoms with van der Waals surface area (Å²) in [4.78, 5) is 73.3. The fraction of sp³-hybridized carbons (Fsp3) is 0.552. The first-order valence-corrected chi connectivity index (χ1v) is 28.8. The van der Waals surface area contributed by atoms with Crippen LogP contribution in [0.3, 0.4) is 0 Å². The number of nitrogens with one attached hydrogen (secondary N) is 2. The molecule has 16 heteroatoms. The summed E-state index contributed by atoms with van der Waals surface area (Å²) in [5.74, 6) is 0.802. The largest absolute Gasteiger partial charge is 0.391 e. The average Bonchev–Trinajstić information content (AvgIpc) is 4.07. The number of carbonyl (C=O) groups is 3. The molecule has 6 heterocycles. The maximum absolute atomic E-state index is 14.7. The van der Waals surface area contributed by atoms with Gasteiger partial charge in [-0.2, -0.15) is 4.98 Å². The van der Waals surface area contributed by atoms with Crippen LogP contribution in [0.2, 0.25) is 0 Å². The molecule has 3 amide bonds. The molecule has 3 N–H and O–H groups in total. The Labute approximate surface area is 446 Å². The fourth-order valence-corrected chi connectivity index (χ4v) is 14.6. The number of amides is 3. The van der Waals surface area contributed by atoms with Crippen LogP contribution < -0.4 is 16.2 Å². The molecule has 6 aliphatic rings. The van der Waals surface area contributed by atoms with Gasteiger partial charge < -0.3 is 30.3 Å². The van der Waals surface area contributed by atoms with Crippen LogP contribution in [-0.4, -0.2) is 129 Å². The number of morpholine rings is 1. The van der Waals surface area contributed by atoms with Crippen molar-refractivity contribution in [2.75, 3.05) is 59.0 Å². The van der Waals surface area contributed by atoms with E-state index in [9.17, 15) is 24.3 Å². The topological polar surface area (TPSA) is 162 Å². The highest BCUT2D eigenvalue weighted by Gasteiger charge is 2.48. The van der Waals surface area contributed by atoms with Crippen molar-refractivity contribution in [3.63, 3.8) is 0 Å². The second kappa shape index (κ2) is 20.9. The van der Waals surface area contributed by atoms with Gasteiger partial charge in [0.15, 0.2) is 0 Å². The van der Waals surface area contributed by atoms with E-state index >= 15 is 0 Å². The minimum absolute atomic E-state index is 0.0235. The number of piperidine rings is 1. The van der Waals surface area contributed by atoms with Crippen LogP contribution in [0.1, 0.15) is 125 Å². The SMILES string of the molecule is Cc1ncsc1-c1ccc([C@H](CN2CCOCC2)NC(=O)[C@@H]2C[C@@H](O)CN2C(=O)[C@@H](NC(=O)C2CC(CN3CCC(c4ccc5c(c4)C4(CCCCC4)c4nc(=O)c6c(Br)cccc6n4-5)CC3)C2)C(C)(C)C)cc1. The molecule has 11 rings (SSSR count). The number of thiazole rings is 1. The van der Waals surface area contributed by atoms with Gasteiger partial charge in [0.1, 0.15) is 17.9 Å². The number of likely N-dealkylation sites (tertiary alicyclic amines) is 2. The summed E-state index contributed by atoms with van der Waals surface area (Å²) in [7, 11) is 0. The van der Waals surface area contributed by atoms with Gasteiger partial charge in [-0.15, -0.1) is 11.3 Å². The predicted molar refractivity (Wildman–Crippen MR) is 291 cm³/mol. The average molecular weight is 1090 g/mol. The van der Waals surface area contributed by atoms with Crippen LogP contribution in [0.5, 0.6) is 0 Å². The van der Waals surface area contributed by atoms with Crippen LogP contribution in [0.15, 0.2) is 75.4 Å². The molecule has 2 aromatic heterocycles. The molecule has 0 bridgehead atoms. The van der Waals surface area contributed by atoms with Gasteiger partial charge in [-0.1, -0.05) is 82.5 Å². The zero-order chi connectivity index (χ0) is 51.5. The summed E-state index contributed by atoms with van der Waals surface area (Å²) in [6.45, 7) is 14.1. The number of β-amino-alcohol motifs (C(OH)–C–C–N with tert-alkyl or cyclic N) is 1. The zero-order valence-corrected chi connectivity index (χ0v) is 45.7. The van der Waals surface area contributed by atoms with Crippen LogP contribution in [0.25, 0.3) is 27.0 Å². The van der Waals surface area contributed by atoms with Crippen molar-refractivity contribution in [2.45, 2.75) is 127 Å². The van der Waals surface area contributed by atoms with Gasteiger partial charge in [0, 0.05) is 49.5 Å². The van der Waals surface area contributed by atoms with E-state index in [1.165, 1.54) is 22.4 Å². The molecule has 5 fully saturated rings. The van der Waals surface area contributed by atoms with Crippen LogP contribution in [-0.2, 0) is 24.5 Å². The Morgan fingerprint density at radius 1 is 0.919 bits per heavy atom. The molecule has 5 aromatic rings. The van der Waals surface area contributed by atoms with Gasteiger partial charge in [-0.25, -0.2) is 4.98 Å². The van der Waals surface area contributed by atoms with Crippen LogP contribution in [0, 0.1) is 24.2 Å². The summed E-state index contributed by atoms with van der Waals surface area (Å²) in [6, 6.07) is 19.2. The maximum atomic E-state index is 14.7. The highest BCUT2D eigenvalue weighted by atomic mass is 79.9. The number of aliphatic hydroxyl groups excluding tert-OH is 1. The third kappa shape index (κ3) is 9.92. The number of hydrogen-bond acceptors (Lipinski definition) is 11. The number of aryl methyl sites for hydroxylation is 1. The van der Waals surface area contributed by atoms with Gasteiger partial charge in [0.25, 0.3) is 5.56 Å². The number of rotatable bonds is 12. The molecule has 0 unspecified atom stereocenters. The van der Waals surface area contributed by atoms with E-state index in [-0.39, 0.29) is 53.6 Å². The van der Waals surface area contributed by atoms with Crippen molar-refractivity contribution in [3.8, 4) is 16.1 Å². The first-order valence-electron chi connectivity index (χ1n) is 27.1. The number of carbonyl (C=O) groups excluding carboxylic acids is 3. The minimum atomic E-state index is -0.885. The number of aromatic nitrogens is 3. The van der Waals surface area contributed by atoms with E-state index in [1.807, 2.05) is 45.3 Å². The molecular formula is C58H71BrN8O6S. The van der Waals surface area contributed by atoms with Crippen molar-refractivity contribution >= 4 is 55.9 Å². The number of halogens is 1. The first kappa shape index (κ1) is 51.3. The molecule has 4 aliphatic heterocycles. The number of ether oxygens (including phenoxy) is 1. The number of nitrogens with zero attached hydrogens (tertiary/aromatic N) is 6. The summed E-state index contributed by atoms with van der Waals surface area (Å²) in [6.07, 6.45) is 8.41. The Hall–Kier alpha value is -4.84. The monoisotopic (exact) mass is 1090 g/mol. The molecule has 392 valence electrons. The molecule has 0 radical (unpaired) electrons. The van der Waals surface area contributed by atoms with Gasteiger partial charge in [0.2, 0.25) is 17.7 Å². The minimum Gasteiger partial charge on any atom is -0.391 e. The maximum Gasteiger partial charge on any atom is 0.281 e. The molecular weight excluding hydrogens is 1020 g/mol. The standard InChI is InChI=1S/C58H71BrN8O6S/c1-35-50(74-34-60-35)39-13-11-38(12-14-39)45(33-65-23-25-73-26-24-65)61-53(70)48-30-42(68)32-66(48)55(72)51(57(2,3)4)62-52(69)41-27-36(28-41)31-64-21-17-37(18-22-64)40-15-16-46-43(29-40)58(19-6-5-7-20-58)56-63-54(71)49-44(59)9-8-10-47(49)67(46)56/h8-16,29,34,36-37,41-42,45,48,51,68H,5-7,17-28,30-33H2,1-4H3,(H,61,70)(H,62,69)/t36?,41?,42-,45+,48+,51-/m1/s1. The number of hydrogen-bond donors (Lipinski definition) is 3. The van der Waals surface area contributed by atoms with Crippen LogP contribution in [0.4, 0.5) is 0 Å². The summed E-state index contributed by atoms with van der Waals surface area (Å²) >= 11 is 5.24. The lowest BCUT2D eigenvalue weighted by Crippen LogP contribution is -2.59. The zero-order valence-electron chi connectivity index (χ0n) is 43.3. The smallest absolute Gasteiger partial charge is 0.281 e. The number of benzene rings is 3. The van der Waals surface area contributed by atoms with Gasteiger partial charge in [0.05, 0.1) is 63.4 Å². The second-order valence-electron chi connectivity index (χ2n) is 23.3. The van der Waals surface area contributed by atoms with Gasteiger partial charge >= 0.3 is 0 Å². The molecule has 3 saturated heterocycles. The van der Waals surface area contributed by atoms with Crippen molar-refractivity contribution < 1.29 is 24.2 Å². The highest BCUT2D eigenvalue weighted by molar-refractivity contribution is 9.10. The van der Waals surface area contributed by atoms with E-state index in [0.29, 0.717) is 37.0 Å². The molecule has 14 nitrogen and oxygen atoms in total. The van der Waals surface area contributed by atoms with Crippen LogP contribution >= 0.6 is 27.3 Å². The summed E-state index contributed by atoms with van der Waals surface area (Å²) in [5.41, 5.74) is 8.58. The molecule has 4 atom stereocenters. The Morgan fingerprint density at radius 3 is 2.36 bits per heavy atom. The Kier molecular flexibility index (Phi) is 14.5. The van der Waals surface area contributed by atoms with Gasteiger partial charge in [-0.05, 0) is 132 Å². The number of fused-ring (bicyclic) bond motifs is 7. The molecule has 1 spiro atoms. The first-order chi connectivity index (χ1) is 35.6. The van der Waals surface area contributed by atoms with E-state index in [1.54, 1.807) is 11.3 Å². The molecule has 2 aliphatic carbocycles. The Morgan fingerprint density at radius 2 is 1.66 bits per heavy atom. The van der Waals surface area contributed by atoms with Crippen molar-refractivity contribution in [1.29, 1.82) is 0 Å². The highest BCUT2D eigenvalue weighted by Crippen LogP contribution is 2.52. The lowest BCUT2D eigenvalue weighted by molar-refractivity contribution is -0.145. The van der Waals surface area contributed by atoms with E-state index in [4.69, 9.17) is 9.72 Å². The summed E-state index contributed by atoms with van der Waals surface area (Å²) in [5, 5.41) is 18.1. The summed E-state index contributed by atoms with van der Waals surface area (Å²) < 4.78 is 8.67. The lowest BCUT2D eigenvalue weighted by atomic mass is 9.69.